The fourth-order valence-corrected chi connectivity index (χ4v) is 2.32. The summed E-state index contributed by atoms with van der Waals surface area (Å²) < 4.78 is 11.8. The van der Waals surface area contributed by atoms with E-state index in [-0.39, 0.29) is 5.91 Å². The standard InChI is InChI=1S/C15H21BrN2O3/c1-5-6-18-15(19)10(2)21-14-12(16)7-11(9-17-3)8-13(14)20-4/h5,7-8,10,17H,1,6,9H2,2-4H3,(H,18,19). The molecule has 1 rings (SSSR count). The van der Waals surface area contributed by atoms with Crippen LogP contribution in [-0.2, 0) is 11.3 Å². The summed E-state index contributed by atoms with van der Waals surface area (Å²) in [6.07, 6.45) is 0.985. The number of halogens is 1. The Balaban J connectivity index is 2.91. The Morgan fingerprint density at radius 3 is 2.81 bits per heavy atom. The van der Waals surface area contributed by atoms with E-state index in [9.17, 15) is 4.79 Å². The van der Waals surface area contributed by atoms with Gasteiger partial charge in [0, 0.05) is 13.1 Å². The van der Waals surface area contributed by atoms with E-state index >= 15 is 0 Å². The molecule has 0 aliphatic heterocycles. The lowest BCUT2D eigenvalue weighted by Crippen LogP contribution is -2.36. The lowest BCUT2D eigenvalue weighted by Gasteiger charge is -2.18. The van der Waals surface area contributed by atoms with Crippen LogP contribution in [0, 0.1) is 0 Å². The first-order chi connectivity index (χ1) is 10.0. The first-order valence-corrected chi connectivity index (χ1v) is 7.39. The zero-order valence-electron chi connectivity index (χ0n) is 12.5. The van der Waals surface area contributed by atoms with E-state index in [1.54, 1.807) is 20.1 Å². The van der Waals surface area contributed by atoms with Crippen LogP contribution in [0.5, 0.6) is 11.5 Å². The summed E-state index contributed by atoms with van der Waals surface area (Å²) in [5.74, 6) is 0.889. The number of methoxy groups -OCH3 is 1. The Bertz CT molecular complexity index is 506. The van der Waals surface area contributed by atoms with E-state index in [4.69, 9.17) is 9.47 Å². The summed E-state index contributed by atoms with van der Waals surface area (Å²) in [4.78, 5) is 11.8. The summed E-state index contributed by atoms with van der Waals surface area (Å²) in [7, 11) is 3.44. The predicted octanol–water partition coefficient (Wildman–Crippen LogP) is 2.25. The van der Waals surface area contributed by atoms with Crippen LogP contribution >= 0.6 is 15.9 Å². The molecule has 0 heterocycles. The van der Waals surface area contributed by atoms with E-state index in [1.807, 2.05) is 19.2 Å². The first-order valence-electron chi connectivity index (χ1n) is 6.59. The maximum Gasteiger partial charge on any atom is 0.261 e. The molecule has 0 aliphatic carbocycles. The van der Waals surface area contributed by atoms with Gasteiger partial charge in [0.25, 0.3) is 5.91 Å². The summed E-state index contributed by atoms with van der Waals surface area (Å²) in [6, 6.07) is 3.81. The van der Waals surface area contributed by atoms with Crippen molar-refractivity contribution in [3.8, 4) is 11.5 Å². The van der Waals surface area contributed by atoms with Crippen molar-refractivity contribution in [1.29, 1.82) is 0 Å². The predicted molar refractivity (Wildman–Crippen MR) is 86.8 cm³/mol. The molecule has 1 atom stereocenters. The van der Waals surface area contributed by atoms with Gasteiger partial charge in [-0.25, -0.2) is 0 Å². The number of ether oxygens (including phenoxy) is 2. The lowest BCUT2D eigenvalue weighted by molar-refractivity contribution is -0.127. The average Bonchev–Trinajstić information content (AvgIpc) is 2.47. The van der Waals surface area contributed by atoms with Crippen LogP contribution in [0.3, 0.4) is 0 Å². The SMILES string of the molecule is C=CCNC(=O)C(C)Oc1c(Br)cc(CNC)cc1OC. The van der Waals surface area contributed by atoms with Gasteiger partial charge in [0.05, 0.1) is 11.6 Å². The molecule has 0 bridgehead atoms. The molecule has 21 heavy (non-hydrogen) atoms. The van der Waals surface area contributed by atoms with Crippen LogP contribution < -0.4 is 20.1 Å². The normalized spacial score (nSPS) is 11.6. The van der Waals surface area contributed by atoms with E-state index in [1.165, 1.54) is 0 Å². The van der Waals surface area contributed by atoms with Gasteiger partial charge in [0.15, 0.2) is 17.6 Å². The number of nitrogens with one attached hydrogen (secondary N) is 2. The van der Waals surface area contributed by atoms with Crippen molar-refractivity contribution in [2.24, 2.45) is 0 Å². The highest BCUT2D eigenvalue weighted by atomic mass is 79.9. The van der Waals surface area contributed by atoms with Gasteiger partial charge in [-0.1, -0.05) is 6.08 Å². The molecule has 0 saturated heterocycles. The van der Waals surface area contributed by atoms with Gasteiger partial charge < -0.3 is 20.1 Å². The number of hydrogen-bond donors (Lipinski definition) is 2. The van der Waals surface area contributed by atoms with E-state index < -0.39 is 6.10 Å². The topological polar surface area (TPSA) is 59.6 Å². The van der Waals surface area contributed by atoms with Crippen molar-refractivity contribution in [3.63, 3.8) is 0 Å². The van der Waals surface area contributed by atoms with Crippen molar-refractivity contribution in [3.05, 3.63) is 34.8 Å². The summed E-state index contributed by atoms with van der Waals surface area (Å²) >= 11 is 3.46. The minimum atomic E-state index is -0.634. The Morgan fingerprint density at radius 1 is 1.52 bits per heavy atom. The third-order valence-corrected chi connectivity index (χ3v) is 3.34. The van der Waals surface area contributed by atoms with E-state index in [2.05, 4.69) is 33.1 Å². The number of rotatable bonds is 8. The molecule has 116 valence electrons. The highest BCUT2D eigenvalue weighted by molar-refractivity contribution is 9.10. The van der Waals surface area contributed by atoms with Crippen LogP contribution in [0.4, 0.5) is 0 Å². The van der Waals surface area contributed by atoms with Gasteiger partial charge in [-0.05, 0) is 47.6 Å². The zero-order valence-corrected chi connectivity index (χ0v) is 14.1. The fraction of sp³-hybridized carbons (Fsp3) is 0.400. The van der Waals surface area contributed by atoms with E-state index in [0.29, 0.717) is 24.6 Å². The summed E-state index contributed by atoms with van der Waals surface area (Å²) in [5, 5.41) is 5.77. The molecule has 1 unspecified atom stereocenters. The summed E-state index contributed by atoms with van der Waals surface area (Å²) in [6.45, 7) is 6.36. The summed E-state index contributed by atoms with van der Waals surface area (Å²) in [5.41, 5.74) is 1.05. The Morgan fingerprint density at radius 2 is 2.24 bits per heavy atom. The van der Waals surface area contributed by atoms with Crippen LogP contribution in [0.25, 0.3) is 0 Å². The second-order valence-electron chi connectivity index (χ2n) is 4.43. The van der Waals surface area contributed by atoms with Gasteiger partial charge in [0.1, 0.15) is 0 Å². The average molecular weight is 357 g/mol. The van der Waals surface area contributed by atoms with Crippen LogP contribution in [0.2, 0.25) is 0 Å². The van der Waals surface area contributed by atoms with Crippen molar-refractivity contribution in [2.75, 3.05) is 20.7 Å². The van der Waals surface area contributed by atoms with Crippen molar-refractivity contribution < 1.29 is 14.3 Å². The van der Waals surface area contributed by atoms with Gasteiger partial charge in [-0.3, -0.25) is 4.79 Å². The maximum atomic E-state index is 11.8. The third kappa shape index (κ3) is 5.06. The second kappa shape index (κ2) is 8.69. The Hall–Kier alpha value is -1.53. The largest absolute Gasteiger partial charge is 0.493 e. The number of carbonyl (C=O) groups excluding carboxylic acids is 1. The first kappa shape index (κ1) is 17.5. The molecular weight excluding hydrogens is 336 g/mol. The van der Waals surface area contributed by atoms with Crippen LogP contribution in [0.1, 0.15) is 12.5 Å². The zero-order chi connectivity index (χ0) is 15.8. The minimum absolute atomic E-state index is 0.205. The van der Waals surface area contributed by atoms with Crippen molar-refractivity contribution >= 4 is 21.8 Å². The van der Waals surface area contributed by atoms with Crippen molar-refractivity contribution in [1.82, 2.24) is 10.6 Å². The number of benzene rings is 1. The minimum Gasteiger partial charge on any atom is -0.493 e. The number of hydrogen-bond acceptors (Lipinski definition) is 4. The highest BCUT2D eigenvalue weighted by Gasteiger charge is 2.19. The van der Waals surface area contributed by atoms with Crippen LogP contribution in [0.15, 0.2) is 29.3 Å². The van der Waals surface area contributed by atoms with Gasteiger partial charge >= 0.3 is 0 Å². The van der Waals surface area contributed by atoms with Gasteiger partial charge in [0.2, 0.25) is 0 Å². The highest BCUT2D eigenvalue weighted by Crippen LogP contribution is 2.37. The fourth-order valence-electron chi connectivity index (χ4n) is 1.74. The number of carbonyl (C=O) groups is 1. The maximum absolute atomic E-state index is 11.8. The quantitative estimate of drug-likeness (QED) is 0.701. The van der Waals surface area contributed by atoms with Gasteiger partial charge in [-0.15, -0.1) is 6.58 Å². The van der Waals surface area contributed by atoms with E-state index in [0.717, 1.165) is 10.0 Å². The molecule has 0 saturated carbocycles. The molecule has 1 amide bonds. The second-order valence-corrected chi connectivity index (χ2v) is 5.29. The smallest absolute Gasteiger partial charge is 0.261 e. The lowest BCUT2D eigenvalue weighted by atomic mass is 10.2. The molecule has 0 fully saturated rings. The number of amides is 1. The third-order valence-electron chi connectivity index (χ3n) is 2.75. The molecule has 0 radical (unpaired) electrons. The molecule has 0 aliphatic rings. The molecule has 0 aromatic heterocycles. The molecule has 0 spiro atoms. The molecular formula is C15H21BrN2O3. The molecule has 1 aromatic rings. The monoisotopic (exact) mass is 356 g/mol. The van der Waals surface area contributed by atoms with Crippen molar-refractivity contribution in [2.45, 2.75) is 19.6 Å². The van der Waals surface area contributed by atoms with Gasteiger partial charge in [-0.2, -0.15) is 0 Å². The molecule has 2 N–H and O–H groups in total. The molecule has 5 nitrogen and oxygen atoms in total. The Kier molecular flexibility index (Phi) is 7.25. The Labute approximate surface area is 133 Å². The molecule has 1 aromatic carbocycles. The molecule has 6 heteroatoms. The van der Waals surface area contributed by atoms with Crippen LogP contribution in [-0.4, -0.2) is 32.7 Å².